The molecule has 0 aliphatic carbocycles. The fourth-order valence-corrected chi connectivity index (χ4v) is 1.96. The van der Waals surface area contributed by atoms with Crippen LogP contribution in [0.25, 0.3) is 0 Å². The van der Waals surface area contributed by atoms with Crippen LogP contribution in [0.15, 0.2) is 35.1 Å². The molecule has 0 saturated carbocycles. The summed E-state index contributed by atoms with van der Waals surface area (Å²) in [5, 5.41) is 0. The molecule has 0 aliphatic rings. The molecule has 24 heavy (non-hydrogen) atoms. The van der Waals surface area contributed by atoms with E-state index in [0.717, 1.165) is 7.11 Å². The van der Waals surface area contributed by atoms with E-state index in [-0.39, 0.29) is 17.2 Å². The number of benzene rings is 1. The second kappa shape index (κ2) is 7.54. The van der Waals surface area contributed by atoms with Gasteiger partial charge in [-0.25, -0.2) is 14.6 Å². The number of H-pyrrole nitrogens is 1. The molecule has 0 saturated heterocycles. The topological polar surface area (TPSA) is 98.3 Å². The molecule has 2 rings (SSSR count). The number of carbonyl (C=O) groups excluding carboxylic acids is 2. The third kappa shape index (κ3) is 3.68. The van der Waals surface area contributed by atoms with Crippen LogP contribution in [-0.4, -0.2) is 29.0 Å². The number of aromatic nitrogens is 2. The number of ether oxygens (including phenoxy) is 2. The van der Waals surface area contributed by atoms with Crippen LogP contribution in [0.5, 0.6) is 5.75 Å². The predicted octanol–water partition coefficient (Wildman–Crippen LogP) is 2.29. The predicted molar refractivity (Wildman–Crippen MR) is 86.3 cm³/mol. The van der Waals surface area contributed by atoms with Gasteiger partial charge in [-0.1, -0.05) is 32.0 Å². The zero-order chi connectivity index (χ0) is 17.7. The highest BCUT2D eigenvalue weighted by Gasteiger charge is 2.24. The minimum atomic E-state index is -0.846. The first-order chi connectivity index (χ1) is 11.5. The Kier molecular flexibility index (Phi) is 5.47. The minimum absolute atomic E-state index is 0.0695. The van der Waals surface area contributed by atoms with Crippen molar-refractivity contribution in [1.29, 1.82) is 0 Å². The van der Waals surface area contributed by atoms with Crippen LogP contribution in [0.2, 0.25) is 0 Å². The maximum absolute atomic E-state index is 12.3. The third-order valence-corrected chi connectivity index (χ3v) is 3.56. The summed E-state index contributed by atoms with van der Waals surface area (Å²) in [6.45, 7) is 3.78. The molecule has 0 fully saturated rings. The lowest BCUT2D eigenvalue weighted by Crippen LogP contribution is -2.24. The maximum Gasteiger partial charge on any atom is 0.360 e. The maximum atomic E-state index is 12.3. The lowest BCUT2D eigenvalue weighted by molar-refractivity contribution is 0.0584. The third-order valence-electron chi connectivity index (χ3n) is 3.56. The van der Waals surface area contributed by atoms with Gasteiger partial charge in [0.05, 0.1) is 12.7 Å². The number of nitrogens with zero attached hydrogens (tertiary/aromatic N) is 1. The summed E-state index contributed by atoms with van der Waals surface area (Å²) in [4.78, 5) is 43.0. The van der Waals surface area contributed by atoms with Crippen LogP contribution >= 0.6 is 0 Å². The Bertz CT molecular complexity index is 798. The van der Waals surface area contributed by atoms with E-state index in [4.69, 9.17) is 4.74 Å². The second-order valence-electron chi connectivity index (χ2n) is 5.19. The van der Waals surface area contributed by atoms with Crippen molar-refractivity contribution in [2.75, 3.05) is 7.11 Å². The number of nitrogens with one attached hydrogen (secondary N) is 1. The van der Waals surface area contributed by atoms with E-state index in [9.17, 15) is 14.4 Å². The monoisotopic (exact) mass is 330 g/mol. The smallest absolute Gasteiger partial charge is 0.360 e. The van der Waals surface area contributed by atoms with Gasteiger partial charge in [0.2, 0.25) is 5.75 Å². The molecule has 2 aromatic rings. The lowest BCUT2D eigenvalue weighted by atomic mass is 10.1. The minimum Gasteiger partial charge on any atom is -0.464 e. The summed E-state index contributed by atoms with van der Waals surface area (Å²) in [6.07, 6.45) is 0.715. The van der Waals surface area contributed by atoms with Crippen molar-refractivity contribution < 1.29 is 19.1 Å². The summed E-state index contributed by atoms with van der Waals surface area (Å²) in [5.41, 5.74) is -0.774. The summed E-state index contributed by atoms with van der Waals surface area (Å²) in [6, 6.07) is 8.13. The molecule has 0 radical (unpaired) electrons. The molecule has 0 aliphatic heterocycles. The van der Waals surface area contributed by atoms with Gasteiger partial charge in [-0.05, 0) is 18.6 Å². The number of hydrogen-bond donors (Lipinski definition) is 1. The quantitative estimate of drug-likeness (QED) is 0.845. The second-order valence-corrected chi connectivity index (χ2v) is 5.19. The largest absolute Gasteiger partial charge is 0.464 e. The van der Waals surface area contributed by atoms with E-state index in [2.05, 4.69) is 14.7 Å². The van der Waals surface area contributed by atoms with Gasteiger partial charge in [-0.15, -0.1) is 0 Å². The molecule has 7 heteroatoms. The molecule has 0 spiro atoms. The lowest BCUT2D eigenvalue weighted by Gasteiger charge is -2.12. The van der Waals surface area contributed by atoms with E-state index in [1.54, 1.807) is 18.2 Å². The van der Waals surface area contributed by atoms with Crippen molar-refractivity contribution >= 4 is 11.9 Å². The summed E-state index contributed by atoms with van der Waals surface area (Å²) in [5.74, 6) is -1.81. The Morgan fingerprint density at radius 3 is 2.46 bits per heavy atom. The van der Waals surface area contributed by atoms with E-state index >= 15 is 0 Å². The number of methoxy groups -OCH3 is 1. The zero-order valence-corrected chi connectivity index (χ0v) is 13.7. The molecule has 126 valence electrons. The van der Waals surface area contributed by atoms with Crippen molar-refractivity contribution in [2.45, 2.75) is 26.2 Å². The van der Waals surface area contributed by atoms with E-state index in [0.29, 0.717) is 12.2 Å². The van der Waals surface area contributed by atoms with Crippen molar-refractivity contribution in [3.8, 4) is 5.75 Å². The van der Waals surface area contributed by atoms with Gasteiger partial charge in [-0.3, -0.25) is 4.79 Å². The highest BCUT2D eigenvalue weighted by atomic mass is 16.5. The van der Waals surface area contributed by atoms with Crippen LogP contribution in [-0.2, 0) is 4.74 Å². The van der Waals surface area contributed by atoms with Crippen molar-refractivity contribution in [2.24, 2.45) is 0 Å². The molecular formula is C17H18N2O5. The molecule has 1 aromatic carbocycles. The molecule has 1 atom stereocenters. The van der Waals surface area contributed by atoms with Gasteiger partial charge in [0, 0.05) is 5.92 Å². The number of aromatic amines is 1. The first-order valence-electron chi connectivity index (χ1n) is 7.47. The van der Waals surface area contributed by atoms with Crippen molar-refractivity contribution in [3.63, 3.8) is 0 Å². The summed E-state index contributed by atoms with van der Waals surface area (Å²) < 4.78 is 9.75. The van der Waals surface area contributed by atoms with Gasteiger partial charge < -0.3 is 14.5 Å². The van der Waals surface area contributed by atoms with Gasteiger partial charge in [0.15, 0.2) is 5.69 Å². The molecular weight excluding hydrogens is 312 g/mol. The van der Waals surface area contributed by atoms with Gasteiger partial charge >= 0.3 is 11.9 Å². The Hall–Kier alpha value is -2.96. The van der Waals surface area contributed by atoms with Crippen LogP contribution in [0.1, 0.15) is 52.9 Å². The Morgan fingerprint density at radius 2 is 1.88 bits per heavy atom. The van der Waals surface area contributed by atoms with Crippen LogP contribution in [0, 0.1) is 0 Å². The molecule has 0 bridgehead atoms. The van der Waals surface area contributed by atoms with E-state index < -0.39 is 23.2 Å². The van der Waals surface area contributed by atoms with Crippen molar-refractivity contribution in [3.05, 3.63) is 57.8 Å². The average molecular weight is 330 g/mol. The summed E-state index contributed by atoms with van der Waals surface area (Å²) in [7, 11) is 1.16. The standard InChI is InChI=1S/C17H18N2O5/c1-4-10(2)14-18-12(17(22)23-3)13(15(20)19-14)24-16(21)11-8-6-5-7-9-11/h5-10H,4H2,1-3H3,(H,18,19,20). The Morgan fingerprint density at radius 1 is 1.21 bits per heavy atom. The average Bonchev–Trinajstić information content (AvgIpc) is 2.62. The fourth-order valence-electron chi connectivity index (χ4n) is 1.96. The van der Waals surface area contributed by atoms with Gasteiger partial charge in [0.1, 0.15) is 5.82 Å². The molecule has 7 nitrogen and oxygen atoms in total. The zero-order valence-electron chi connectivity index (χ0n) is 13.7. The first-order valence-corrected chi connectivity index (χ1v) is 7.47. The fraction of sp³-hybridized carbons (Fsp3) is 0.294. The SMILES string of the molecule is CCC(C)c1nc(C(=O)OC)c(OC(=O)c2ccccc2)c(=O)[nH]1. The Labute approximate surface area is 138 Å². The van der Waals surface area contributed by atoms with E-state index in [1.165, 1.54) is 12.1 Å². The normalized spacial score (nSPS) is 11.6. The van der Waals surface area contributed by atoms with Gasteiger partial charge in [-0.2, -0.15) is 0 Å². The number of carbonyl (C=O) groups is 2. The number of hydrogen-bond acceptors (Lipinski definition) is 6. The number of rotatable bonds is 5. The first kappa shape index (κ1) is 17.4. The molecule has 0 amide bonds. The van der Waals surface area contributed by atoms with E-state index in [1.807, 2.05) is 13.8 Å². The Balaban J connectivity index is 2.47. The molecule has 1 heterocycles. The molecule has 1 unspecified atom stereocenters. The molecule has 1 aromatic heterocycles. The molecule has 1 N–H and O–H groups in total. The van der Waals surface area contributed by atoms with Crippen LogP contribution in [0.4, 0.5) is 0 Å². The van der Waals surface area contributed by atoms with Crippen LogP contribution < -0.4 is 10.3 Å². The highest BCUT2D eigenvalue weighted by molar-refractivity contribution is 5.94. The van der Waals surface area contributed by atoms with Crippen molar-refractivity contribution in [1.82, 2.24) is 9.97 Å². The summed E-state index contributed by atoms with van der Waals surface area (Å²) >= 11 is 0. The highest BCUT2D eigenvalue weighted by Crippen LogP contribution is 2.19. The van der Waals surface area contributed by atoms with Crippen LogP contribution in [0.3, 0.4) is 0 Å². The van der Waals surface area contributed by atoms with Gasteiger partial charge in [0.25, 0.3) is 5.56 Å². The number of esters is 2.